The van der Waals surface area contributed by atoms with Crippen molar-refractivity contribution in [3.8, 4) is 0 Å². The number of nitrogens with zero attached hydrogens (tertiary/aromatic N) is 1. The quantitative estimate of drug-likeness (QED) is 0.546. The van der Waals surface area contributed by atoms with E-state index in [1.54, 1.807) is 30.3 Å². The number of nitrogens with two attached hydrogens (primary N) is 1. The Balaban J connectivity index is 0.000000555. The Labute approximate surface area is 111 Å². The average molecular weight is 314 g/mol. The Kier molecular flexibility index (Phi) is 6.89. The molecule has 9 nitrogen and oxygen atoms in total. The van der Waals surface area contributed by atoms with Crippen molar-refractivity contribution in [3.05, 3.63) is 30.3 Å². The molecular formula is C8H14N2O7S2. The second-order valence-corrected chi connectivity index (χ2v) is 5.35. The van der Waals surface area contributed by atoms with Crippen LogP contribution in [0.3, 0.4) is 0 Å². The van der Waals surface area contributed by atoms with Crippen LogP contribution in [0.1, 0.15) is 0 Å². The summed E-state index contributed by atoms with van der Waals surface area (Å²) in [5, 5.41) is 0. The minimum atomic E-state index is -4.67. The summed E-state index contributed by atoms with van der Waals surface area (Å²) in [7, 11) is -8.89. The molecule has 0 unspecified atom stereocenters. The van der Waals surface area contributed by atoms with E-state index in [0.717, 1.165) is 4.31 Å². The van der Waals surface area contributed by atoms with Crippen molar-refractivity contribution in [1.29, 1.82) is 0 Å². The van der Waals surface area contributed by atoms with Crippen LogP contribution in [0.25, 0.3) is 0 Å². The maximum Gasteiger partial charge on any atom is 0.394 e. The number of hydrogen-bond acceptors (Lipinski definition) is 5. The van der Waals surface area contributed by atoms with Gasteiger partial charge >= 0.3 is 20.7 Å². The molecule has 11 heteroatoms. The third-order valence-electron chi connectivity index (χ3n) is 1.65. The molecule has 0 fully saturated rings. The van der Waals surface area contributed by atoms with Crippen LogP contribution in [0.2, 0.25) is 0 Å². The number of rotatable bonds is 4. The first kappa shape index (κ1) is 17.8. The lowest BCUT2D eigenvalue weighted by molar-refractivity contribution is 0.381. The number of para-hydroxylation sites is 1. The van der Waals surface area contributed by atoms with E-state index in [2.05, 4.69) is 0 Å². The van der Waals surface area contributed by atoms with Crippen LogP contribution in [-0.4, -0.2) is 43.6 Å². The minimum Gasteiger partial charge on any atom is -0.329 e. The summed E-state index contributed by atoms with van der Waals surface area (Å²) in [5.41, 5.74) is 5.65. The van der Waals surface area contributed by atoms with Gasteiger partial charge in [-0.3, -0.25) is 13.7 Å². The standard InChI is InChI=1S/C8H12N2O3S.H2O4S/c9-6-7-10(14(11,12)13)8-4-2-1-3-5-8;1-5(2,3)4/h1-5H,6-7,9H2,(H,11,12,13);(H2,1,2,3,4). The van der Waals surface area contributed by atoms with Gasteiger partial charge in [0.2, 0.25) is 0 Å². The van der Waals surface area contributed by atoms with E-state index in [0.29, 0.717) is 5.69 Å². The molecule has 0 amide bonds. The van der Waals surface area contributed by atoms with Gasteiger partial charge in [-0.15, -0.1) is 0 Å². The summed E-state index contributed by atoms with van der Waals surface area (Å²) in [6, 6.07) is 8.30. The van der Waals surface area contributed by atoms with Gasteiger partial charge in [0.15, 0.2) is 0 Å². The number of benzene rings is 1. The summed E-state index contributed by atoms with van der Waals surface area (Å²) in [6.45, 7) is 0.206. The van der Waals surface area contributed by atoms with Crippen molar-refractivity contribution >= 4 is 26.4 Å². The van der Waals surface area contributed by atoms with Gasteiger partial charge < -0.3 is 5.73 Å². The topological polar surface area (TPSA) is 158 Å². The van der Waals surface area contributed by atoms with Crippen LogP contribution in [-0.2, 0) is 20.7 Å². The highest BCUT2D eigenvalue weighted by molar-refractivity contribution is 7.87. The van der Waals surface area contributed by atoms with E-state index in [1.807, 2.05) is 0 Å². The van der Waals surface area contributed by atoms with Crippen molar-refractivity contribution in [2.75, 3.05) is 17.4 Å². The zero-order chi connectivity index (χ0) is 15.1. The van der Waals surface area contributed by atoms with Crippen LogP contribution < -0.4 is 10.0 Å². The van der Waals surface area contributed by atoms with Crippen molar-refractivity contribution in [1.82, 2.24) is 0 Å². The summed E-state index contributed by atoms with van der Waals surface area (Å²) in [4.78, 5) is 0. The lowest BCUT2D eigenvalue weighted by atomic mass is 10.3. The highest BCUT2D eigenvalue weighted by Gasteiger charge is 2.17. The molecule has 0 aliphatic carbocycles. The van der Waals surface area contributed by atoms with E-state index < -0.39 is 20.7 Å². The SMILES string of the molecule is NCCN(c1ccccc1)S(=O)(=O)O.O=S(=O)(O)O. The molecule has 0 atom stereocenters. The molecule has 19 heavy (non-hydrogen) atoms. The average Bonchev–Trinajstić information content (AvgIpc) is 2.23. The van der Waals surface area contributed by atoms with E-state index in [1.165, 1.54) is 0 Å². The maximum atomic E-state index is 10.9. The smallest absolute Gasteiger partial charge is 0.329 e. The molecule has 0 aromatic heterocycles. The molecule has 110 valence electrons. The Hall–Kier alpha value is -1.24. The van der Waals surface area contributed by atoms with Gasteiger partial charge in [-0.05, 0) is 12.1 Å². The lowest BCUT2D eigenvalue weighted by Gasteiger charge is -2.19. The van der Waals surface area contributed by atoms with E-state index in [9.17, 15) is 8.42 Å². The third kappa shape index (κ3) is 9.35. The molecule has 0 heterocycles. The summed E-state index contributed by atoms with van der Waals surface area (Å²) in [5.74, 6) is 0. The molecule has 0 radical (unpaired) electrons. The number of anilines is 1. The zero-order valence-corrected chi connectivity index (χ0v) is 11.2. The number of hydrogen-bond donors (Lipinski definition) is 4. The highest BCUT2D eigenvalue weighted by atomic mass is 32.3. The van der Waals surface area contributed by atoms with Gasteiger partial charge in [0, 0.05) is 13.1 Å². The van der Waals surface area contributed by atoms with Gasteiger partial charge in [0.1, 0.15) is 0 Å². The van der Waals surface area contributed by atoms with E-state index in [-0.39, 0.29) is 13.1 Å². The highest BCUT2D eigenvalue weighted by Crippen LogP contribution is 2.15. The Bertz CT molecular complexity index is 562. The molecule has 0 aliphatic heterocycles. The molecule has 1 aromatic rings. The molecule has 0 aliphatic rings. The second kappa shape index (κ2) is 7.37. The first-order valence-corrected chi connectivity index (χ1v) is 7.55. The van der Waals surface area contributed by atoms with Crippen LogP contribution in [0, 0.1) is 0 Å². The fourth-order valence-corrected chi connectivity index (χ4v) is 1.81. The van der Waals surface area contributed by atoms with Crippen LogP contribution in [0.4, 0.5) is 5.69 Å². The lowest BCUT2D eigenvalue weighted by Crippen LogP contribution is -2.34. The predicted molar refractivity (Wildman–Crippen MR) is 68.6 cm³/mol. The zero-order valence-electron chi connectivity index (χ0n) is 9.62. The minimum absolute atomic E-state index is 0.0584. The fourth-order valence-electron chi connectivity index (χ4n) is 1.09. The summed E-state index contributed by atoms with van der Waals surface area (Å²) >= 11 is 0. The second-order valence-electron chi connectivity index (χ2n) is 3.12. The van der Waals surface area contributed by atoms with Gasteiger partial charge in [-0.25, -0.2) is 4.31 Å². The Morgan fingerprint density at radius 3 is 1.74 bits per heavy atom. The monoisotopic (exact) mass is 314 g/mol. The largest absolute Gasteiger partial charge is 0.394 e. The van der Waals surface area contributed by atoms with Crippen molar-refractivity contribution in [2.24, 2.45) is 5.73 Å². The molecule has 1 aromatic carbocycles. The van der Waals surface area contributed by atoms with Crippen molar-refractivity contribution < 1.29 is 30.5 Å². The Morgan fingerprint density at radius 1 is 1.00 bits per heavy atom. The maximum absolute atomic E-state index is 10.9. The predicted octanol–water partition coefficient (Wildman–Crippen LogP) is -0.398. The van der Waals surface area contributed by atoms with Crippen molar-refractivity contribution in [2.45, 2.75) is 0 Å². The van der Waals surface area contributed by atoms with Gasteiger partial charge in [-0.1, -0.05) is 18.2 Å². The molecule has 0 saturated heterocycles. The molecular weight excluding hydrogens is 300 g/mol. The molecule has 0 bridgehead atoms. The molecule has 1 rings (SSSR count). The van der Waals surface area contributed by atoms with Gasteiger partial charge in [0.25, 0.3) is 0 Å². The normalized spacial score (nSPS) is 11.4. The fraction of sp³-hybridized carbons (Fsp3) is 0.250. The van der Waals surface area contributed by atoms with E-state index in [4.69, 9.17) is 27.8 Å². The van der Waals surface area contributed by atoms with Crippen molar-refractivity contribution in [3.63, 3.8) is 0 Å². The van der Waals surface area contributed by atoms with Gasteiger partial charge in [0.05, 0.1) is 5.69 Å². The first-order valence-electron chi connectivity index (χ1n) is 4.76. The molecule has 0 saturated carbocycles. The van der Waals surface area contributed by atoms with Crippen LogP contribution in [0.15, 0.2) is 30.3 Å². The molecule has 0 spiro atoms. The summed E-state index contributed by atoms with van der Waals surface area (Å²) in [6.07, 6.45) is 0. The first-order chi connectivity index (χ1) is 8.55. The van der Waals surface area contributed by atoms with Gasteiger partial charge in [-0.2, -0.15) is 16.8 Å². The Morgan fingerprint density at radius 2 is 1.42 bits per heavy atom. The van der Waals surface area contributed by atoms with Crippen LogP contribution >= 0.6 is 0 Å². The summed E-state index contributed by atoms with van der Waals surface area (Å²) < 4.78 is 63.2. The third-order valence-corrected chi connectivity index (χ3v) is 2.61. The van der Waals surface area contributed by atoms with Crippen LogP contribution in [0.5, 0.6) is 0 Å². The molecule has 5 N–H and O–H groups in total. The van der Waals surface area contributed by atoms with E-state index >= 15 is 0 Å².